The SMILES string of the molecule is CC(C)(C#N)c1ccc(NCc2ccc(Br)o2)cc1. The molecule has 2 rings (SSSR count). The molecule has 0 aliphatic heterocycles. The Labute approximate surface area is 121 Å². The van der Waals surface area contributed by atoms with Crippen LogP contribution in [-0.2, 0) is 12.0 Å². The van der Waals surface area contributed by atoms with Crippen LogP contribution in [0.15, 0.2) is 45.5 Å². The van der Waals surface area contributed by atoms with Crippen molar-refractivity contribution in [3.05, 3.63) is 52.4 Å². The number of halogens is 1. The largest absolute Gasteiger partial charge is 0.452 e. The normalized spacial score (nSPS) is 11.1. The zero-order valence-electron chi connectivity index (χ0n) is 10.9. The van der Waals surface area contributed by atoms with Crippen molar-refractivity contribution in [2.24, 2.45) is 0 Å². The number of hydrogen-bond acceptors (Lipinski definition) is 3. The monoisotopic (exact) mass is 318 g/mol. The summed E-state index contributed by atoms with van der Waals surface area (Å²) in [4.78, 5) is 0. The molecule has 1 heterocycles. The zero-order valence-corrected chi connectivity index (χ0v) is 12.5. The Kier molecular flexibility index (Phi) is 3.96. The quantitative estimate of drug-likeness (QED) is 0.905. The molecule has 1 aromatic carbocycles. The molecule has 0 unspecified atom stereocenters. The van der Waals surface area contributed by atoms with Gasteiger partial charge in [0.15, 0.2) is 4.67 Å². The first-order valence-corrected chi connectivity index (χ1v) is 6.80. The van der Waals surface area contributed by atoms with E-state index in [-0.39, 0.29) is 0 Å². The second-order valence-corrected chi connectivity index (χ2v) is 5.66. The molecule has 1 aromatic heterocycles. The summed E-state index contributed by atoms with van der Waals surface area (Å²) in [5.41, 5.74) is 1.57. The predicted molar refractivity (Wildman–Crippen MR) is 78.8 cm³/mol. The summed E-state index contributed by atoms with van der Waals surface area (Å²) in [5, 5.41) is 12.4. The summed E-state index contributed by atoms with van der Waals surface area (Å²) in [5.74, 6) is 0.869. The Balaban J connectivity index is 2.02. The van der Waals surface area contributed by atoms with Gasteiger partial charge in [-0.1, -0.05) is 12.1 Å². The van der Waals surface area contributed by atoms with Crippen molar-refractivity contribution in [1.82, 2.24) is 0 Å². The molecule has 0 bridgehead atoms. The number of rotatable bonds is 4. The molecule has 3 nitrogen and oxygen atoms in total. The van der Waals surface area contributed by atoms with Crippen LogP contribution in [0, 0.1) is 11.3 Å². The van der Waals surface area contributed by atoms with Crippen LogP contribution >= 0.6 is 15.9 Å². The van der Waals surface area contributed by atoms with Crippen LogP contribution in [0.25, 0.3) is 0 Å². The van der Waals surface area contributed by atoms with E-state index in [1.165, 1.54) is 0 Å². The molecule has 0 aliphatic rings. The minimum Gasteiger partial charge on any atom is -0.452 e. The number of nitrogens with zero attached hydrogens (tertiary/aromatic N) is 1. The standard InChI is InChI=1S/C15H15BrN2O/c1-15(2,10-17)11-3-5-12(6-4-11)18-9-13-7-8-14(16)19-13/h3-8,18H,9H2,1-2H3. The highest BCUT2D eigenvalue weighted by Crippen LogP contribution is 2.24. The first-order chi connectivity index (χ1) is 9.01. The van der Waals surface area contributed by atoms with E-state index >= 15 is 0 Å². The maximum absolute atomic E-state index is 9.09. The van der Waals surface area contributed by atoms with Crippen molar-refractivity contribution in [2.75, 3.05) is 5.32 Å². The first kappa shape index (κ1) is 13.7. The second kappa shape index (κ2) is 5.50. The number of benzene rings is 1. The van der Waals surface area contributed by atoms with Gasteiger partial charge in [0.1, 0.15) is 5.76 Å². The van der Waals surface area contributed by atoms with Crippen molar-refractivity contribution >= 4 is 21.6 Å². The van der Waals surface area contributed by atoms with E-state index in [4.69, 9.17) is 9.68 Å². The molecule has 0 saturated carbocycles. The third-order valence-corrected chi connectivity index (χ3v) is 3.41. The van der Waals surface area contributed by atoms with Crippen LogP contribution in [0.4, 0.5) is 5.69 Å². The van der Waals surface area contributed by atoms with Crippen LogP contribution in [0.3, 0.4) is 0 Å². The Hall–Kier alpha value is -1.73. The molecule has 0 fully saturated rings. The van der Waals surface area contributed by atoms with E-state index < -0.39 is 5.41 Å². The maximum Gasteiger partial charge on any atom is 0.169 e. The molecule has 1 N–H and O–H groups in total. The highest BCUT2D eigenvalue weighted by atomic mass is 79.9. The number of nitriles is 1. The lowest BCUT2D eigenvalue weighted by atomic mass is 9.86. The molecule has 0 spiro atoms. The van der Waals surface area contributed by atoms with Crippen LogP contribution in [-0.4, -0.2) is 0 Å². The third-order valence-electron chi connectivity index (χ3n) is 2.98. The average molecular weight is 319 g/mol. The lowest BCUT2D eigenvalue weighted by Gasteiger charge is -2.16. The Bertz CT molecular complexity index is 593. The molecule has 19 heavy (non-hydrogen) atoms. The summed E-state index contributed by atoms with van der Waals surface area (Å²) in [6.07, 6.45) is 0. The van der Waals surface area contributed by atoms with Crippen LogP contribution in [0.2, 0.25) is 0 Å². The number of hydrogen-bond donors (Lipinski definition) is 1. The fourth-order valence-electron chi connectivity index (χ4n) is 1.71. The summed E-state index contributed by atoms with van der Waals surface area (Å²) < 4.78 is 6.14. The van der Waals surface area contributed by atoms with Gasteiger partial charge < -0.3 is 9.73 Å². The summed E-state index contributed by atoms with van der Waals surface area (Å²) in [6, 6.07) is 14.0. The van der Waals surface area contributed by atoms with Gasteiger partial charge in [0.25, 0.3) is 0 Å². The van der Waals surface area contributed by atoms with Gasteiger partial charge in [0.05, 0.1) is 18.0 Å². The predicted octanol–water partition coefficient (Wildman–Crippen LogP) is 4.46. The topological polar surface area (TPSA) is 49.0 Å². The van der Waals surface area contributed by atoms with Gasteiger partial charge in [-0.15, -0.1) is 0 Å². The number of furan rings is 1. The van der Waals surface area contributed by atoms with Crippen molar-refractivity contribution < 1.29 is 4.42 Å². The summed E-state index contributed by atoms with van der Waals surface area (Å²) >= 11 is 3.27. The molecule has 0 atom stereocenters. The molecule has 0 saturated heterocycles. The van der Waals surface area contributed by atoms with Gasteiger partial charge in [0.2, 0.25) is 0 Å². The Morgan fingerprint density at radius 1 is 1.21 bits per heavy atom. The molecule has 0 aliphatic carbocycles. The average Bonchev–Trinajstić information content (AvgIpc) is 2.83. The summed E-state index contributed by atoms with van der Waals surface area (Å²) in [6.45, 7) is 4.46. The van der Waals surface area contributed by atoms with Gasteiger partial charge in [0, 0.05) is 5.69 Å². The maximum atomic E-state index is 9.09. The fraction of sp³-hybridized carbons (Fsp3) is 0.267. The number of nitrogens with one attached hydrogen (secondary N) is 1. The van der Waals surface area contributed by atoms with Gasteiger partial charge in [-0.3, -0.25) is 0 Å². The molecular weight excluding hydrogens is 304 g/mol. The minimum absolute atomic E-state index is 0.454. The van der Waals surface area contributed by atoms with Gasteiger partial charge in [-0.2, -0.15) is 5.26 Å². The second-order valence-electron chi connectivity index (χ2n) is 4.87. The molecular formula is C15H15BrN2O. The molecule has 2 aromatic rings. The molecule has 0 amide bonds. The van der Waals surface area contributed by atoms with Crippen molar-refractivity contribution in [1.29, 1.82) is 5.26 Å². The Morgan fingerprint density at radius 2 is 1.89 bits per heavy atom. The van der Waals surface area contributed by atoms with Crippen molar-refractivity contribution in [3.8, 4) is 6.07 Å². The van der Waals surface area contributed by atoms with E-state index in [1.807, 2.05) is 50.2 Å². The van der Waals surface area contributed by atoms with E-state index in [0.29, 0.717) is 6.54 Å². The lowest BCUT2D eigenvalue weighted by molar-refractivity contribution is 0.495. The number of anilines is 1. The van der Waals surface area contributed by atoms with Gasteiger partial charge in [-0.05, 0) is 59.6 Å². The summed E-state index contributed by atoms with van der Waals surface area (Å²) in [7, 11) is 0. The Morgan fingerprint density at radius 3 is 2.42 bits per heavy atom. The molecule has 98 valence electrons. The van der Waals surface area contributed by atoms with E-state index in [0.717, 1.165) is 21.7 Å². The van der Waals surface area contributed by atoms with Crippen LogP contribution in [0.5, 0.6) is 0 Å². The lowest BCUT2D eigenvalue weighted by Crippen LogP contribution is -2.13. The van der Waals surface area contributed by atoms with Crippen LogP contribution < -0.4 is 5.32 Å². The van der Waals surface area contributed by atoms with Crippen molar-refractivity contribution in [2.45, 2.75) is 25.8 Å². The first-order valence-electron chi connectivity index (χ1n) is 6.01. The van der Waals surface area contributed by atoms with E-state index in [1.54, 1.807) is 0 Å². The van der Waals surface area contributed by atoms with Gasteiger partial charge in [-0.25, -0.2) is 0 Å². The highest BCUT2D eigenvalue weighted by Gasteiger charge is 2.18. The fourth-order valence-corrected chi connectivity index (χ4v) is 2.05. The van der Waals surface area contributed by atoms with E-state index in [9.17, 15) is 0 Å². The minimum atomic E-state index is -0.454. The third kappa shape index (κ3) is 3.39. The van der Waals surface area contributed by atoms with Gasteiger partial charge >= 0.3 is 0 Å². The van der Waals surface area contributed by atoms with E-state index in [2.05, 4.69) is 27.3 Å². The molecule has 0 radical (unpaired) electrons. The zero-order chi connectivity index (χ0) is 13.9. The van der Waals surface area contributed by atoms with Crippen LogP contribution in [0.1, 0.15) is 25.2 Å². The smallest absolute Gasteiger partial charge is 0.169 e. The van der Waals surface area contributed by atoms with Crippen molar-refractivity contribution in [3.63, 3.8) is 0 Å². The molecule has 4 heteroatoms. The highest BCUT2D eigenvalue weighted by molar-refractivity contribution is 9.10.